The Bertz CT molecular complexity index is 3000. The molecule has 440 valence electrons. The lowest BCUT2D eigenvalue weighted by Crippen LogP contribution is -2.69. The van der Waals surface area contributed by atoms with Crippen LogP contribution in [-0.2, 0) is 111 Å². The van der Waals surface area contributed by atoms with E-state index in [1.54, 1.807) is 26.8 Å². The van der Waals surface area contributed by atoms with Gasteiger partial charge in [0.05, 0.1) is 11.5 Å². The summed E-state index contributed by atoms with van der Waals surface area (Å²) in [6.07, 6.45) is -26.2. The molecule has 7 aliphatic rings. The van der Waals surface area contributed by atoms with Crippen molar-refractivity contribution in [3.63, 3.8) is 0 Å². The van der Waals surface area contributed by atoms with E-state index in [0.29, 0.717) is 38.5 Å². The van der Waals surface area contributed by atoms with Crippen molar-refractivity contribution in [2.24, 2.45) is 50.7 Å². The van der Waals surface area contributed by atoms with E-state index in [4.69, 9.17) is 18.9 Å². The van der Waals surface area contributed by atoms with Crippen LogP contribution in [0.1, 0.15) is 99.3 Å². The molecular formula is C41H60O31S5. The van der Waals surface area contributed by atoms with Gasteiger partial charge in [0.15, 0.2) is 36.7 Å². The summed E-state index contributed by atoms with van der Waals surface area (Å²) in [6, 6.07) is 0. The number of carbonyl (C=O) groups excluding carboxylic acids is 1. The van der Waals surface area contributed by atoms with E-state index in [9.17, 15) is 99.4 Å². The fourth-order valence-electron chi connectivity index (χ4n) is 14.3. The zero-order valence-electron chi connectivity index (χ0n) is 41.6. The number of hydrogen-bond donors (Lipinski definition) is 8. The summed E-state index contributed by atoms with van der Waals surface area (Å²) >= 11 is 0. The van der Waals surface area contributed by atoms with Crippen molar-refractivity contribution < 1.29 is 139 Å². The number of carboxylic acid groups (broad SMARTS) is 3. The van der Waals surface area contributed by atoms with Gasteiger partial charge in [-0.15, -0.1) is 0 Å². The predicted molar refractivity (Wildman–Crippen MR) is 247 cm³/mol. The van der Waals surface area contributed by atoms with Crippen molar-refractivity contribution in [1.29, 1.82) is 0 Å². The SMILES string of the molecule is CC1(C)C(O[C@@H]2O[C@H](C(=O)O)[C@@H](OS(=O)(=O)O)[C@H](OS(=O)(=O)O)[C@H]2O[C@@H]2O[C@H](C(=O)O)[C@@H](OS(=O)(=O)O)[C@H](OS(=O)(=O)O)[C@H]2OS(=O)(=O)O)CC[C@]2(C)[C@H]3C(=O)C=C4[C@@H]5C[C@@](C)(C(=O)O)CCC5CC[C@@]4(C)[C@]3(C)CC[C@@H]12. The van der Waals surface area contributed by atoms with E-state index in [1.165, 1.54) is 0 Å². The highest BCUT2D eigenvalue weighted by atomic mass is 32.3. The van der Waals surface area contributed by atoms with Crippen LogP contribution in [0.15, 0.2) is 11.6 Å². The second kappa shape index (κ2) is 20.5. The molecule has 31 nitrogen and oxygen atoms in total. The Morgan fingerprint density at radius 2 is 1.00 bits per heavy atom. The maximum Gasteiger partial charge on any atom is 0.397 e. The van der Waals surface area contributed by atoms with E-state index in [-0.39, 0.29) is 30.5 Å². The Morgan fingerprint density at radius 3 is 1.47 bits per heavy atom. The van der Waals surface area contributed by atoms with E-state index < -0.39 is 176 Å². The van der Waals surface area contributed by atoms with Gasteiger partial charge in [-0.2, -0.15) is 42.1 Å². The average molecular weight is 1210 g/mol. The van der Waals surface area contributed by atoms with Gasteiger partial charge in [0, 0.05) is 5.92 Å². The molecule has 5 aliphatic carbocycles. The summed E-state index contributed by atoms with van der Waals surface area (Å²) in [5, 5.41) is 30.7. The standard InChI is InChI=1S/C41H60O31S5/c1-37(2)21-9-14-41(6)31(20(42)15-19-18-16-38(3,36(47)48)11-7-17(18)8-13-40(19,41)5)39(21,4)12-10-22(37)64-34-29(25(70-75(55,56)57)23(68-73(49,50)51)27(65-34)32(43)44)67-35-30(72-77(61,62)63)26(71-76(58,59)60)24(69-74(52,53)54)28(66-35)33(45)46/h15,17-18,21-31,34-35H,7-14,16H2,1-6H3,(H,43,44)(H,45,46)(H,47,48)(H,49,50,51)(H,52,53,54)(H,55,56,57)(H,58,59,60)(H,61,62,63)/t17?,18-,21+,22?,23+,24+,25+,26+,27+,28+,29-,30-,31-,34-,35+,38+,39+,40-,41-/m1/s1. The summed E-state index contributed by atoms with van der Waals surface area (Å²) in [6.45, 7) is 11.2. The maximum atomic E-state index is 15.0. The van der Waals surface area contributed by atoms with Crippen LogP contribution < -0.4 is 0 Å². The number of ketones is 1. The Hall–Kier alpha value is -2.99. The van der Waals surface area contributed by atoms with Crippen LogP contribution in [0, 0.1) is 50.7 Å². The van der Waals surface area contributed by atoms with Crippen molar-refractivity contribution in [2.45, 2.75) is 167 Å². The van der Waals surface area contributed by atoms with Crippen molar-refractivity contribution in [3.05, 3.63) is 11.6 Å². The lowest BCUT2D eigenvalue weighted by molar-refractivity contribution is -0.364. The number of hydrogen-bond acceptors (Lipinski definition) is 23. The molecule has 0 aromatic carbocycles. The minimum atomic E-state index is -6.12. The molecular weight excluding hydrogens is 1150 g/mol. The first-order valence-corrected chi connectivity index (χ1v) is 30.5. The van der Waals surface area contributed by atoms with Crippen LogP contribution in [0.5, 0.6) is 0 Å². The molecule has 6 fully saturated rings. The van der Waals surface area contributed by atoms with Gasteiger partial charge in [-0.25, -0.2) is 30.5 Å². The third-order valence-electron chi connectivity index (χ3n) is 17.7. The normalized spacial score (nSPS) is 42.6. The fourth-order valence-corrected chi connectivity index (χ4v) is 16.8. The maximum absolute atomic E-state index is 15.0. The van der Waals surface area contributed by atoms with Crippen molar-refractivity contribution in [2.75, 3.05) is 0 Å². The first-order chi connectivity index (χ1) is 34.8. The molecule has 0 aromatic heterocycles. The molecule has 0 radical (unpaired) electrons. The topological polar surface area (TPSA) is 484 Å². The number of aliphatic carboxylic acids is 3. The first-order valence-electron chi connectivity index (χ1n) is 23.7. The van der Waals surface area contributed by atoms with Gasteiger partial charge in [-0.3, -0.25) is 32.4 Å². The molecule has 4 saturated carbocycles. The fraction of sp³-hybridized carbons (Fsp3) is 0.854. The van der Waals surface area contributed by atoms with Crippen LogP contribution in [0.2, 0.25) is 0 Å². The number of rotatable bonds is 17. The highest BCUT2D eigenvalue weighted by Crippen LogP contribution is 2.74. The van der Waals surface area contributed by atoms with Crippen molar-refractivity contribution in [3.8, 4) is 0 Å². The van der Waals surface area contributed by atoms with Gasteiger partial charge >= 0.3 is 69.9 Å². The molecule has 2 unspecified atom stereocenters. The molecule has 0 bridgehead atoms. The number of carboxylic acids is 3. The smallest absolute Gasteiger partial charge is 0.397 e. The van der Waals surface area contributed by atoms with E-state index in [1.807, 2.05) is 6.92 Å². The predicted octanol–water partition coefficient (Wildman–Crippen LogP) is 0.991. The minimum absolute atomic E-state index is 0.0949. The van der Waals surface area contributed by atoms with E-state index >= 15 is 0 Å². The molecule has 77 heavy (non-hydrogen) atoms. The molecule has 2 saturated heterocycles. The second-order valence-corrected chi connectivity index (χ2v) is 27.6. The zero-order chi connectivity index (χ0) is 58.0. The quantitative estimate of drug-likeness (QED) is 0.0743. The lowest BCUT2D eigenvalue weighted by Gasteiger charge is -2.69. The second-order valence-electron chi connectivity index (χ2n) is 22.4. The van der Waals surface area contributed by atoms with Gasteiger partial charge in [0.25, 0.3) is 0 Å². The summed E-state index contributed by atoms with van der Waals surface area (Å²) < 4.78 is 216. The third kappa shape index (κ3) is 12.2. The summed E-state index contributed by atoms with van der Waals surface area (Å²) in [5.41, 5.74) is -3.42. The molecule has 0 aromatic rings. The van der Waals surface area contributed by atoms with Crippen LogP contribution in [-0.4, -0.2) is 171 Å². The molecule has 0 amide bonds. The number of fused-ring (bicyclic) bond motifs is 7. The average Bonchev–Trinajstić information content (AvgIpc) is 3.23. The molecule has 19 atom stereocenters. The van der Waals surface area contributed by atoms with Crippen LogP contribution in [0.4, 0.5) is 0 Å². The van der Waals surface area contributed by atoms with Crippen molar-refractivity contribution >= 4 is 75.7 Å². The zero-order valence-corrected chi connectivity index (χ0v) is 45.7. The Balaban J connectivity index is 1.31. The van der Waals surface area contributed by atoms with Crippen LogP contribution >= 0.6 is 0 Å². The van der Waals surface area contributed by atoms with E-state index in [0.717, 1.165) is 12.0 Å². The van der Waals surface area contributed by atoms with Gasteiger partial charge in [-0.05, 0) is 110 Å². The highest BCUT2D eigenvalue weighted by Gasteiger charge is 2.70. The molecule has 0 spiro atoms. The Morgan fingerprint density at radius 1 is 0.558 bits per heavy atom. The molecule has 2 aliphatic heterocycles. The van der Waals surface area contributed by atoms with Gasteiger partial charge in [-0.1, -0.05) is 40.2 Å². The van der Waals surface area contributed by atoms with Crippen LogP contribution in [0.25, 0.3) is 0 Å². The first kappa shape index (κ1) is 61.6. The molecule has 2 heterocycles. The monoisotopic (exact) mass is 1210 g/mol. The number of carbonyl (C=O) groups is 4. The van der Waals surface area contributed by atoms with E-state index in [2.05, 4.69) is 34.8 Å². The van der Waals surface area contributed by atoms with Gasteiger partial charge < -0.3 is 34.3 Å². The van der Waals surface area contributed by atoms with Gasteiger partial charge in [0.2, 0.25) is 0 Å². The summed E-state index contributed by atoms with van der Waals surface area (Å²) in [7, 11) is -30.3. The van der Waals surface area contributed by atoms with Crippen LogP contribution in [0.3, 0.4) is 0 Å². The lowest BCUT2D eigenvalue weighted by atomic mass is 9.34. The molecule has 8 N–H and O–H groups in total. The van der Waals surface area contributed by atoms with Gasteiger partial charge in [0.1, 0.15) is 30.5 Å². The Kier molecular flexibility index (Phi) is 16.4. The summed E-state index contributed by atoms with van der Waals surface area (Å²) in [4.78, 5) is 52.9. The Labute approximate surface area is 442 Å². The molecule has 36 heteroatoms. The largest absolute Gasteiger partial charge is 0.481 e. The number of ether oxygens (including phenoxy) is 4. The number of allylic oxidation sites excluding steroid dienone is 2. The minimum Gasteiger partial charge on any atom is -0.481 e. The third-order valence-corrected chi connectivity index (χ3v) is 20.0. The van der Waals surface area contributed by atoms with Crippen molar-refractivity contribution in [1.82, 2.24) is 0 Å². The summed E-state index contributed by atoms with van der Waals surface area (Å²) in [5.74, 6) is -6.91. The molecule has 7 rings (SSSR count). The highest BCUT2D eigenvalue weighted by molar-refractivity contribution is 7.82.